The maximum absolute atomic E-state index is 12.5. The molecule has 0 radical (unpaired) electrons. The van der Waals surface area contributed by atoms with Gasteiger partial charge in [0.05, 0.1) is 12.3 Å². The predicted octanol–water partition coefficient (Wildman–Crippen LogP) is 2.61. The molecule has 2 aromatic rings. The Bertz CT molecular complexity index is 506. The fraction of sp³-hybridized carbons (Fsp3) is 0.250. The molecule has 0 aliphatic heterocycles. The lowest BCUT2D eigenvalue weighted by Gasteiger charge is -2.04. The van der Waals surface area contributed by atoms with E-state index in [2.05, 4.69) is 5.10 Å². The molecule has 17 heavy (non-hydrogen) atoms. The molecule has 0 saturated carbocycles. The molecule has 0 saturated heterocycles. The van der Waals surface area contributed by atoms with Crippen LogP contribution in [-0.2, 0) is 6.61 Å². The fourth-order valence-corrected chi connectivity index (χ4v) is 1.61. The van der Waals surface area contributed by atoms with Crippen LogP contribution in [0.2, 0.25) is 0 Å². The lowest BCUT2D eigenvalue weighted by Crippen LogP contribution is -1.99. The molecule has 0 aliphatic carbocycles. The topological polar surface area (TPSA) is 38.0 Å². The number of aliphatic hydroxyl groups is 1. The summed E-state index contributed by atoms with van der Waals surface area (Å²) in [6, 6.07) is 8.31. The van der Waals surface area contributed by atoms with Crippen LogP contribution in [0.5, 0.6) is 0 Å². The van der Waals surface area contributed by atoms with Crippen LogP contribution in [0.3, 0.4) is 0 Å². The van der Waals surface area contributed by atoms with Gasteiger partial charge in [0.15, 0.2) is 0 Å². The zero-order valence-corrected chi connectivity index (χ0v) is 9.27. The first-order chi connectivity index (χ1) is 8.11. The van der Waals surface area contributed by atoms with Gasteiger partial charge < -0.3 is 5.11 Å². The molecule has 90 valence electrons. The van der Waals surface area contributed by atoms with Crippen molar-refractivity contribution in [3.05, 3.63) is 47.3 Å². The Morgan fingerprint density at radius 2 is 1.94 bits per heavy atom. The number of nitrogens with zero attached hydrogens (tertiary/aromatic N) is 2. The standard InChI is InChI=1S/C12H12F2N2O/c1-8-6-11(12(13)14)15-16(8)10-4-2-9(7-17)3-5-10/h2-6,12,17H,7H2,1H3. The van der Waals surface area contributed by atoms with E-state index in [4.69, 9.17) is 5.11 Å². The first-order valence-corrected chi connectivity index (χ1v) is 5.16. The van der Waals surface area contributed by atoms with Crippen molar-refractivity contribution in [3.8, 4) is 5.69 Å². The zero-order chi connectivity index (χ0) is 12.4. The molecule has 2 rings (SSSR count). The maximum atomic E-state index is 12.5. The number of rotatable bonds is 3. The minimum Gasteiger partial charge on any atom is -0.392 e. The molecular formula is C12H12F2N2O. The first-order valence-electron chi connectivity index (χ1n) is 5.16. The molecule has 1 heterocycles. The fourth-order valence-electron chi connectivity index (χ4n) is 1.61. The SMILES string of the molecule is Cc1cc(C(F)F)nn1-c1ccc(CO)cc1. The highest BCUT2D eigenvalue weighted by Crippen LogP contribution is 2.20. The molecule has 3 nitrogen and oxygen atoms in total. The minimum absolute atomic E-state index is 0.0410. The van der Waals surface area contributed by atoms with Crippen LogP contribution >= 0.6 is 0 Å². The smallest absolute Gasteiger partial charge is 0.282 e. The second kappa shape index (κ2) is 4.63. The summed E-state index contributed by atoms with van der Waals surface area (Å²) in [5.74, 6) is 0. The van der Waals surface area contributed by atoms with E-state index in [-0.39, 0.29) is 12.3 Å². The molecule has 0 atom stereocenters. The van der Waals surface area contributed by atoms with Crippen LogP contribution in [0.1, 0.15) is 23.4 Å². The highest BCUT2D eigenvalue weighted by Gasteiger charge is 2.14. The molecule has 0 fully saturated rings. The van der Waals surface area contributed by atoms with Gasteiger partial charge >= 0.3 is 0 Å². The Kier molecular flexibility index (Phi) is 3.19. The van der Waals surface area contributed by atoms with Gasteiger partial charge in [-0.15, -0.1) is 0 Å². The van der Waals surface area contributed by atoms with E-state index in [0.717, 1.165) is 5.56 Å². The van der Waals surface area contributed by atoms with Crippen molar-refractivity contribution in [2.75, 3.05) is 0 Å². The zero-order valence-electron chi connectivity index (χ0n) is 9.27. The van der Waals surface area contributed by atoms with Gasteiger partial charge in [-0.2, -0.15) is 5.10 Å². The van der Waals surface area contributed by atoms with Gasteiger partial charge in [-0.05, 0) is 30.7 Å². The van der Waals surface area contributed by atoms with Crippen LogP contribution in [0.4, 0.5) is 8.78 Å². The normalized spacial score (nSPS) is 11.1. The van der Waals surface area contributed by atoms with E-state index in [0.29, 0.717) is 11.4 Å². The van der Waals surface area contributed by atoms with E-state index in [1.54, 1.807) is 31.2 Å². The monoisotopic (exact) mass is 238 g/mol. The predicted molar refractivity (Wildman–Crippen MR) is 59.2 cm³/mol. The Labute approximate surface area is 97.3 Å². The molecule has 0 unspecified atom stereocenters. The number of hydrogen-bond acceptors (Lipinski definition) is 2. The molecule has 5 heteroatoms. The van der Waals surface area contributed by atoms with Crippen LogP contribution in [0, 0.1) is 6.92 Å². The van der Waals surface area contributed by atoms with Crippen molar-refractivity contribution in [3.63, 3.8) is 0 Å². The number of benzene rings is 1. The number of hydrogen-bond donors (Lipinski definition) is 1. The third-order valence-corrected chi connectivity index (χ3v) is 2.49. The summed E-state index contributed by atoms with van der Waals surface area (Å²) in [5, 5.41) is 12.7. The van der Waals surface area contributed by atoms with Gasteiger partial charge in [-0.3, -0.25) is 0 Å². The summed E-state index contributed by atoms with van der Waals surface area (Å²) < 4.78 is 26.4. The molecule has 0 aliphatic rings. The van der Waals surface area contributed by atoms with E-state index < -0.39 is 6.43 Å². The Balaban J connectivity index is 2.38. The molecule has 0 bridgehead atoms. The van der Waals surface area contributed by atoms with Gasteiger partial charge in [0, 0.05) is 5.69 Å². The summed E-state index contributed by atoms with van der Waals surface area (Å²) in [4.78, 5) is 0. The molecule has 1 aromatic carbocycles. The largest absolute Gasteiger partial charge is 0.392 e. The third kappa shape index (κ3) is 2.34. The highest BCUT2D eigenvalue weighted by atomic mass is 19.3. The summed E-state index contributed by atoms with van der Waals surface area (Å²) in [5.41, 5.74) is 1.89. The Hall–Kier alpha value is -1.75. The van der Waals surface area contributed by atoms with Crippen molar-refractivity contribution in [2.24, 2.45) is 0 Å². The van der Waals surface area contributed by atoms with E-state index in [9.17, 15) is 8.78 Å². The van der Waals surface area contributed by atoms with Crippen molar-refractivity contribution in [2.45, 2.75) is 20.0 Å². The third-order valence-electron chi connectivity index (χ3n) is 2.49. The first kappa shape index (κ1) is 11.7. The van der Waals surface area contributed by atoms with Gasteiger partial charge in [0.1, 0.15) is 5.69 Å². The maximum Gasteiger partial charge on any atom is 0.282 e. The highest BCUT2D eigenvalue weighted by molar-refractivity contribution is 5.35. The second-order valence-electron chi connectivity index (χ2n) is 3.75. The van der Waals surface area contributed by atoms with Crippen LogP contribution < -0.4 is 0 Å². The average Bonchev–Trinajstić information content (AvgIpc) is 2.72. The number of aromatic nitrogens is 2. The second-order valence-corrected chi connectivity index (χ2v) is 3.75. The van der Waals surface area contributed by atoms with Crippen LogP contribution in [-0.4, -0.2) is 14.9 Å². The number of halogens is 2. The van der Waals surface area contributed by atoms with E-state index >= 15 is 0 Å². The lowest BCUT2D eigenvalue weighted by molar-refractivity contribution is 0.145. The van der Waals surface area contributed by atoms with Gasteiger partial charge in [0.2, 0.25) is 0 Å². The minimum atomic E-state index is -2.56. The molecule has 1 aromatic heterocycles. The molecule has 0 spiro atoms. The number of aliphatic hydroxyl groups excluding tert-OH is 1. The van der Waals surface area contributed by atoms with Crippen molar-refractivity contribution >= 4 is 0 Å². The summed E-state index contributed by atoms with van der Waals surface area (Å²) in [6.45, 7) is 1.68. The summed E-state index contributed by atoms with van der Waals surface area (Å²) in [7, 11) is 0. The van der Waals surface area contributed by atoms with Gasteiger partial charge in [-0.1, -0.05) is 12.1 Å². The molecule has 1 N–H and O–H groups in total. The van der Waals surface area contributed by atoms with Gasteiger partial charge in [0.25, 0.3) is 6.43 Å². The quantitative estimate of drug-likeness (QED) is 0.892. The Morgan fingerprint density at radius 1 is 1.29 bits per heavy atom. The van der Waals surface area contributed by atoms with Gasteiger partial charge in [-0.25, -0.2) is 13.5 Å². The molecule has 0 amide bonds. The number of aryl methyl sites for hydroxylation is 1. The summed E-state index contributed by atoms with van der Waals surface area (Å²) in [6.07, 6.45) is -2.56. The number of alkyl halides is 2. The molecular weight excluding hydrogens is 226 g/mol. The van der Waals surface area contributed by atoms with Crippen LogP contribution in [0.25, 0.3) is 5.69 Å². The Morgan fingerprint density at radius 3 is 2.41 bits per heavy atom. The average molecular weight is 238 g/mol. The van der Waals surface area contributed by atoms with E-state index in [1.165, 1.54) is 10.7 Å². The summed E-state index contributed by atoms with van der Waals surface area (Å²) >= 11 is 0. The van der Waals surface area contributed by atoms with Crippen molar-refractivity contribution in [1.82, 2.24) is 9.78 Å². The van der Waals surface area contributed by atoms with E-state index in [1.807, 2.05) is 0 Å². The van der Waals surface area contributed by atoms with Crippen molar-refractivity contribution < 1.29 is 13.9 Å². The lowest BCUT2D eigenvalue weighted by atomic mass is 10.2. The van der Waals surface area contributed by atoms with Crippen LogP contribution in [0.15, 0.2) is 30.3 Å². The van der Waals surface area contributed by atoms with Crippen molar-refractivity contribution in [1.29, 1.82) is 0 Å².